The normalized spacial score (nSPS) is 15.7. The Bertz CT molecular complexity index is 573. The van der Waals surface area contributed by atoms with E-state index in [0.29, 0.717) is 12.3 Å². The Morgan fingerprint density at radius 3 is 1.42 bits per heavy atom. The molecule has 1 aromatic heterocycles. The third kappa shape index (κ3) is 2.51. The largest absolute Gasteiger partial charge is 0.393 e. The van der Waals surface area contributed by atoms with Gasteiger partial charge in [0.15, 0.2) is 0 Å². The Kier molecular flexibility index (Phi) is 4.64. The summed E-state index contributed by atoms with van der Waals surface area (Å²) in [5.74, 6) is -35.9. The quantitative estimate of drug-likeness (QED) is 0.480. The van der Waals surface area contributed by atoms with E-state index in [-0.39, 0.29) is 6.07 Å². The van der Waals surface area contributed by atoms with Crippen molar-refractivity contribution in [1.29, 1.82) is 0 Å². The van der Waals surface area contributed by atoms with Crippen LogP contribution >= 0.6 is 11.6 Å². The van der Waals surface area contributed by atoms with Gasteiger partial charge < -0.3 is 4.98 Å². The first kappa shape index (κ1) is 20.8. The van der Waals surface area contributed by atoms with Gasteiger partial charge in [0.2, 0.25) is 0 Å². The van der Waals surface area contributed by atoms with E-state index in [1.807, 2.05) is 0 Å². The summed E-state index contributed by atoms with van der Waals surface area (Å²) < 4.78 is 156. The first-order chi connectivity index (χ1) is 10.4. The van der Waals surface area contributed by atoms with Gasteiger partial charge >= 0.3 is 35.0 Å². The van der Waals surface area contributed by atoms with Crippen LogP contribution in [0.1, 0.15) is 5.69 Å². The zero-order valence-corrected chi connectivity index (χ0v) is 11.4. The van der Waals surface area contributed by atoms with Gasteiger partial charge in [-0.3, -0.25) is 0 Å². The molecule has 24 heavy (non-hydrogen) atoms. The highest BCUT2D eigenvalue weighted by molar-refractivity contribution is 6.22. The zero-order chi connectivity index (χ0) is 19.4. The van der Waals surface area contributed by atoms with E-state index in [1.165, 1.54) is 4.98 Å². The standard InChI is InChI=1S/C10H4ClF12N/c11-10(22,23)9(20,21)8(18,19)7(16,17)6(14,15)5(12,13)4-2-1-3-24-4/h1-3,24H. The van der Waals surface area contributed by atoms with Crippen molar-refractivity contribution in [2.75, 3.05) is 0 Å². The molecule has 0 spiro atoms. The van der Waals surface area contributed by atoms with Crippen LogP contribution in [-0.4, -0.2) is 34.1 Å². The maximum absolute atomic E-state index is 13.4. The predicted octanol–water partition coefficient (Wildman–Crippen LogP) is 5.48. The third-order valence-electron chi connectivity index (χ3n) is 2.87. The van der Waals surface area contributed by atoms with Crippen molar-refractivity contribution in [3.05, 3.63) is 24.0 Å². The third-order valence-corrected chi connectivity index (χ3v) is 3.11. The molecule has 0 saturated carbocycles. The minimum atomic E-state index is -7.63. The summed E-state index contributed by atoms with van der Waals surface area (Å²) in [5.41, 5.74) is -2.04. The number of aromatic nitrogens is 1. The molecule has 1 rings (SSSR count). The molecule has 0 aromatic carbocycles. The van der Waals surface area contributed by atoms with Crippen LogP contribution in [0.15, 0.2) is 18.3 Å². The van der Waals surface area contributed by atoms with Crippen molar-refractivity contribution in [3.63, 3.8) is 0 Å². The molecule has 1 nitrogen and oxygen atoms in total. The molecule has 0 radical (unpaired) electrons. The van der Waals surface area contributed by atoms with Crippen molar-refractivity contribution in [2.24, 2.45) is 0 Å². The van der Waals surface area contributed by atoms with E-state index in [9.17, 15) is 52.7 Å². The first-order valence-corrected chi connectivity index (χ1v) is 5.83. The summed E-state index contributed by atoms with van der Waals surface area (Å²) in [6, 6.07) is 0.646. The Labute approximate surface area is 129 Å². The summed E-state index contributed by atoms with van der Waals surface area (Å²) in [4.78, 5) is 1.31. The molecular formula is C10H4ClF12N. The fourth-order valence-electron chi connectivity index (χ4n) is 1.46. The Balaban J connectivity index is 3.51. The van der Waals surface area contributed by atoms with Gasteiger partial charge in [-0.2, -0.15) is 52.7 Å². The second-order valence-electron chi connectivity index (χ2n) is 4.45. The van der Waals surface area contributed by atoms with E-state index < -0.39 is 40.7 Å². The van der Waals surface area contributed by atoms with Gasteiger partial charge in [-0.05, 0) is 23.7 Å². The predicted molar refractivity (Wildman–Crippen MR) is 55.3 cm³/mol. The highest BCUT2D eigenvalue weighted by Crippen LogP contribution is 2.62. The number of aromatic amines is 1. The number of hydrogen-bond donors (Lipinski definition) is 1. The average molecular weight is 402 g/mol. The van der Waals surface area contributed by atoms with E-state index >= 15 is 0 Å². The average Bonchev–Trinajstić information content (AvgIpc) is 2.90. The molecule has 0 atom stereocenters. The Hall–Kier alpha value is -1.27. The van der Waals surface area contributed by atoms with Gasteiger partial charge in [-0.15, -0.1) is 0 Å². The Morgan fingerprint density at radius 2 is 1.08 bits per heavy atom. The topological polar surface area (TPSA) is 15.8 Å². The van der Waals surface area contributed by atoms with Crippen LogP contribution in [0.25, 0.3) is 0 Å². The summed E-state index contributed by atoms with van der Waals surface area (Å²) in [7, 11) is 0. The van der Waals surface area contributed by atoms with Gasteiger partial charge in [0.05, 0.1) is 5.69 Å². The van der Waals surface area contributed by atoms with Crippen molar-refractivity contribution in [1.82, 2.24) is 4.98 Å². The molecule has 1 N–H and O–H groups in total. The molecule has 0 aliphatic heterocycles. The van der Waals surface area contributed by atoms with Crippen LogP contribution in [0.5, 0.6) is 0 Å². The lowest BCUT2D eigenvalue weighted by Crippen LogP contribution is -2.69. The number of nitrogens with one attached hydrogen (secondary N) is 1. The van der Waals surface area contributed by atoms with Crippen LogP contribution in [0.3, 0.4) is 0 Å². The van der Waals surface area contributed by atoms with Gasteiger partial charge in [-0.25, -0.2) is 0 Å². The number of H-pyrrole nitrogens is 1. The molecular weight excluding hydrogens is 398 g/mol. The molecule has 0 bridgehead atoms. The summed E-state index contributed by atoms with van der Waals surface area (Å²) in [6.45, 7) is 0. The Morgan fingerprint density at radius 1 is 0.667 bits per heavy atom. The highest BCUT2D eigenvalue weighted by Gasteiger charge is 2.90. The van der Waals surface area contributed by atoms with Crippen LogP contribution in [-0.2, 0) is 5.92 Å². The second-order valence-corrected chi connectivity index (χ2v) is 4.93. The molecule has 0 aliphatic carbocycles. The fraction of sp³-hybridized carbons (Fsp3) is 0.600. The van der Waals surface area contributed by atoms with Crippen LogP contribution in [0.2, 0.25) is 0 Å². The minimum Gasteiger partial charge on any atom is -0.360 e. The summed E-state index contributed by atoms with van der Waals surface area (Å²) >= 11 is 3.54. The fourth-order valence-corrected chi connectivity index (χ4v) is 1.58. The molecule has 1 aromatic rings. The number of hydrogen-bond acceptors (Lipinski definition) is 0. The zero-order valence-electron chi connectivity index (χ0n) is 10.6. The van der Waals surface area contributed by atoms with E-state index in [2.05, 4.69) is 11.6 Å². The van der Waals surface area contributed by atoms with Gasteiger partial charge in [0.1, 0.15) is 0 Å². The van der Waals surface area contributed by atoms with E-state index in [4.69, 9.17) is 0 Å². The van der Waals surface area contributed by atoms with E-state index in [1.54, 1.807) is 0 Å². The molecule has 14 heteroatoms. The van der Waals surface area contributed by atoms with Gasteiger partial charge in [0.25, 0.3) is 0 Å². The second kappa shape index (κ2) is 5.36. The van der Waals surface area contributed by atoms with Crippen LogP contribution < -0.4 is 0 Å². The number of rotatable bonds is 6. The summed E-state index contributed by atoms with van der Waals surface area (Å²) in [6.07, 6.45) is 0.511. The van der Waals surface area contributed by atoms with E-state index in [0.717, 1.165) is 0 Å². The monoisotopic (exact) mass is 401 g/mol. The first-order valence-electron chi connectivity index (χ1n) is 5.45. The lowest BCUT2D eigenvalue weighted by atomic mass is 9.93. The lowest BCUT2D eigenvalue weighted by molar-refractivity contribution is -0.419. The molecule has 0 fully saturated rings. The summed E-state index contributed by atoms with van der Waals surface area (Å²) in [5, 5.41) is -6.43. The number of halogens is 13. The molecule has 0 unspecified atom stereocenters. The van der Waals surface area contributed by atoms with Crippen molar-refractivity contribution < 1.29 is 52.7 Å². The highest BCUT2D eigenvalue weighted by atomic mass is 35.5. The van der Waals surface area contributed by atoms with Crippen molar-refractivity contribution in [3.8, 4) is 0 Å². The van der Waals surface area contributed by atoms with Gasteiger partial charge in [0, 0.05) is 6.20 Å². The van der Waals surface area contributed by atoms with Gasteiger partial charge in [-0.1, -0.05) is 0 Å². The molecule has 0 aliphatic rings. The minimum absolute atomic E-state index is 0.0659. The maximum Gasteiger partial charge on any atom is 0.393 e. The van der Waals surface area contributed by atoms with Crippen molar-refractivity contribution in [2.45, 2.75) is 35.0 Å². The molecule has 0 amide bonds. The van der Waals surface area contributed by atoms with Crippen LogP contribution in [0, 0.1) is 0 Å². The number of alkyl halides is 13. The molecule has 140 valence electrons. The smallest absolute Gasteiger partial charge is 0.360 e. The maximum atomic E-state index is 13.4. The lowest BCUT2D eigenvalue weighted by Gasteiger charge is -2.39. The van der Waals surface area contributed by atoms with Crippen LogP contribution in [0.4, 0.5) is 52.7 Å². The van der Waals surface area contributed by atoms with Crippen molar-refractivity contribution >= 4 is 11.6 Å². The SMILES string of the molecule is FC(F)(Cl)C(F)(F)C(F)(F)C(F)(F)C(F)(F)C(F)(F)c1ccc[nH]1. The molecule has 0 saturated heterocycles. The molecule has 1 heterocycles.